The minimum absolute atomic E-state index is 0.374. The molecule has 50 valence electrons. The van der Waals surface area contributed by atoms with Crippen LogP contribution in [-0.4, -0.2) is 11.6 Å². The van der Waals surface area contributed by atoms with E-state index in [9.17, 15) is 0 Å². The van der Waals surface area contributed by atoms with Crippen molar-refractivity contribution in [2.75, 3.05) is 0 Å². The van der Waals surface area contributed by atoms with Gasteiger partial charge in [0, 0.05) is 11.6 Å². The first-order valence-electron chi connectivity index (χ1n) is 3.64. The number of nitrogens with one attached hydrogen (secondary N) is 1. The van der Waals surface area contributed by atoms with Gasteiger partial charge in [-0.15, -0.1) is 0 Å². The molecule has 0 radical (unpaired) electrons. The zero-order chi connectivity index (χ0) is 6.48. The number of hydrogen-bond donors (Lipinski definition) is 1. The Kier molecular flexibility index (Phi) is 0.854. The minimum atomic E-state index is 0.374. The Morgan fingerprint density at radius 2 is 2.22 bits per heavy atom. The highest BCUT2D eigenvalue weighted by Crippen LogP contribution is 2.35. The van der Waals surface area contributed by atoms with Gasteiger partial charge in [0.05, 0.1) is 0 Å². The van der Waals surface area contributed by atoms with E-state index in [0.717, 1.165) is 5.92 Å². The predicted molar refractivity (Wildman–Crippen MR) is 38.2 cm³/mol. The first-order chi connectivity index (χ1) is 4.18. The van der Waals surface area contributed by atoms with Crippen molar-refractivity contribution in [1.29, 1.82) is 0 Å². The van der Waals surface area contributed by atoms with Crippen LogP contribution in [0.2, 0.25) is 0 Å². The van der Waals surface area contributed by atoms with Gasteiger partial charge in [-0.05, 0) is 26.2 Å². The van der Waals surface area contributed by atoms with Crippen LogP contribution >= 0.6 is 0 Å². The molecule has 1 nitrogen and oxygen atoms in total. The Morgan fingerprint density at radius 1 is 1.44 bits per heavy atom. The highest BCUT2D eigenvalue weighted by Gasteiger charge is 2.40. The molecule has 2 atom stereocenters. The average Bonchev–Trinajstić information content (AvgIpc) is 2.19. The Hall–Kier alpha value is -0.300. The maximum absolute atomic E-state index is 3.54. The molecule has 0 spiro atoms. The molecule has 1 heterocycles. The maximum Gasteiger partial charge on any atom is 0.0261 e. The van der Waals surface area contributed by atoms with Crippen LogP contribution in [0.1, 0.15) is 20.3 Å². The van der Waals surface area contributed by atoms with Gasteiger partial charge in [0.15, 0.2) is 0 Å². The summed E-state index contributed by atoms with van der Waals surface area (Å²) < 4.78 is 0. The minimum Gasteiger partial charge on any atom is -0.305 e. The average molecular weight is 123 g/mol. The van der Waals surface area contributed by atoms with Gasteiger partial charge < -0.3 is 5.32 Å². The summed E-state index contributed by atoms with van der Waals surface area (Å²) >= 11 is 0. The van der Waals surface area contributed by atoms with Gasteiger partial charge >= 0.3 is 0 Å². The van der Waals surface area contributed by atoms with Crippen molar-refractivity contribution in [3.63, 3.8) is 0 Å². The smallest absolute Gasteiger partial charge is 0.0261 e. The summed E-state index contributed by atoms with van der Waals surface area (Å²) in [5.41, 5.74) is 0.374. The molecular weight excluding hydrogens is 110 g/mol. The lowest BCUT2D eigenvalue weighted by Crippen LogP contribution is -2.42. The fraction of sp³-hybridized carbons (Fsp3) is 0.750. The Labute approximate surface area is 56.1 Å². The van der Waals surface area contributed by atoms with Crippen molar-refractivity contribution in [3.05, 3.63) is 12.2 Å². The molecule has 2 unspecified atom stereocenters. The molecule has 2 bridgehead atoms. The van der Waals surface area contributed by atoms with E-state index in [0.29, 0.717) is 11.6 Å². The van der Waals surface area contributed by atoms with Crippen molar-refractivity contribution < 1.29 is 0 Å². The largest absolute Gasteiger partial charge is 0.305 e. The molecule has 1 aliphatic carbocycles. The summed E-state index contributed by atoms with van der Waals surface area (Å²) in [7, 11) is 0. The van der Waals surface area contributed by atoms with Crippen molar-refractivity contribution >= 4 is 0 Å². The van der Waals surface area contributed by atoms with Crippen molar-refractivity contribution in [2.45, 2.75) is 31.8 Å². The van der Waals surface area contributed by atoms with E-state index in [2.05, 4.69) is 31.3 Å². The van der Waals surface area contributed by atoms with Gasteiger partial charge in [0.25, 0.3) is 0 Å². The summed E-state index contributed by atoms with van der Waals surface area (Å²) in [4.78, 5) is 0. The van der Waals surface area contributed by atoms with E-state index in [1.54, 1.807) is 0 Å². The van der Waals surface area contributed by atoms with E-state index in [1.807, 2.05) is 0 Å². The summed E-state index contributed by atoms with van der Waals surface area (Å²) in [5.74, 6) is 0.794. The lowest BCUT2D eigenvalue weighted by molar-refractivity contribution is 0.374. The van der Waals surface area contributed by atoms with E-state index >= 15 is 0 Å². The lowest BCUT2D eigenvalue weighted by atomic mass is 9.91. The van der Waals surface area contributed by atoms with Gasteiger partial charge in [-0.3, -0.25) is 0 Å². The van der Waals surface area contributed by atoms with Crippen LogP contribution in [0.5, 0.6) is 0 Å². The second kappa shape index (κ2) is 1.40. The second-order valence-corrected chi connectivity index (χ2v) is 3.70. The predicted octanol–water partition coefficient (Wildman–Crippen LogP) is 1.31. The molecule has 2 rings (SSSR count). The second-order valence-electron chi connectivity index (χ2n) is 3.70. The summed E-state index contributed by atoms with van der Waals surface area (Å²) in [6.07, 6.45) is 5.96. The molecule has 0 amide bonds. The van der Waals surface area contributed by atoms with Gasteiger partial charge in [0.2, 0.25) is 0 Å². The third-order valence-corrected chi connectivity index (χ3v) is 2.57. The van der Waals surface area contributed by atoms with Gasteiger partial charge in [-0.2, -0.15) is 0 Å². The van der Waals surface area contributed by atoms with Crippen LogP contribution in [0.15, 0.2) is 12.2 Å². The lowest BCUT2D eigenvalue weighted by Gasteiger charge is -2.27. The van der Waals surface area contributed by atoms with Crippen LogP contribution in [0.4, 0.5) is 0 Å². The summed E-state index contributed by atoms with van der Waals surface area (Å²) in [6, 6.07) is 0.685. The normalized spacial score (nSPS) is 44.2. The van der Waals surface area contributed by atoms with Crippen LogP contribution in [0, 0.1) is 5.92 Å². The van der Waals surface area contributed by atoms with Crippen molar-refractivity contribution in [2.24, 2.45) is 5.92 Å². The first-order valence-corrected chi connectivity index (χ1v) is 3.64. The zero-order valence-electron chi connectivity index (χ0n) is 6.02. The van der Waals surface area contributed by atoms with E-state index in [1.165, 1.54) is 6.42 Å². The van der Waals surface area contributed by atoms with Crippen LogP contribution < -0.4 is 5.32 Å². The monoisotopic (exact) mass is 123 g/mol. The van der Waals surface area contributed by atoms with Crippen LogP contribution in [0.25, 0.3) is 0 Å². The maximum atomic E-state index is 3.54. The molecule has 0 aromatic heterocycles. The fourth-order valence-electron chi connectivity index (χ4n) is 1.93. The fourth-order valence-corrected chi connectivity index (χ4v) is 1.93. The SMILES string of the molecule is CC1(C)NC2C=CC1C2. The van der Waals surface area contributed by atoms with Gasteiger partial charge in [-0.1, -0.05) is 12.2 Å². The van der Waals surface area contributed by atoms with E-state index in [4.69, 9.17) is 0 Å². The van der Waals surface area contributed by atoms with Gasteiger partial charge in [0.1, 0.15) is 0 Å². The summed E-state index contributed by atoms with van der Waals surface area (Å²) in [6.45, 7) is 4.56. The standard InChI is InChI=1S/C8H13N/c1-8(2)6-3-4-7(5-6)9-8/h3-4,6-7,9H,5H2,1-2H3. The number of hydrogen-bond acceptors (Lipinski definition) is 1. The third kappa shape index (κ3) is 0.645. The highest BCUT2D eigenvalue weighted by molar-refractivity contribution is 5.19. The molecule has 2 aliphatic rings. The van der Waals surface area contributed by atoms with E-state index in [-0.39, 0.29) is 0 Å². The highest BCUT2D eigenvalue weighted by atomic mass is 15.0. The topological polar surface area (TPSA) is 12.0 Å². The molecule has 0 aromatic rings. The Morgan fingerprint density at radius 3 is 2.44 bits per heavy atom. The third-order valence-electron chi connectivity index (χ3n) is 2.57. The van der Waals surface area contributed by atoms with E-state index < -0.39 is 0 Å². The first kappa shape index (κ1) is 5.48. The zero-order valence-corrected chi connectivity index (χ0v) is 6.02. The molecule has 0 aromatic carbocycles. The molecular formula is C8H13N. The molecule has 0 saturated carbocycles. The molecule has 1 aliphatic heterocycles. The molecule has 1 saturated heterocycles. The van der Waals surface area contributed by atoms with Gasteiger partial charge in [-0.25, -0.2) is 0 Å². The van der Waals surface area contributed by atoms with Crippen molar-refractivity contribution in [1.82, 2.24) is 5.32 Å². The summed E-state index contributed by atoms with van der Waals surface area (Å²) in [5, 5.41) is 3.54. The van der Waals surface area contributed by atoms with Crippen LogP contribution in [0.3, 0.4) is 0 Å². The molecule has 1 N–H and O–H groups in total. The van der Waals surface area contributed by atoms with Crippen molar-refractivity contribution in [3.8, 4) is 0 Å². The molecule has 1 heteroatoms. The number of rotatable bonds is 0. The van der Waals surface area contributed by atoms with Crippen LogP contribution in [-0.2, 0) is 0 Å². The molecule has 1 fully saturated rings. The Balaban J connectivity index is 2.29. The molecule has 9 heavy (non-hydrogen) atoms. The number of fused-ring (bicyclic) bond motifs is 2. The quantitative estimate of drug-likeness (QED) is 0.479. The Bertz CT molecular complexity index is 158.